The number of carbonyl (C=O) groups is 2. The highest BCUT2D eigenvalue weighted by Gasteiger charge is 2.16. The van der Waals surface area contributed by atoms with Gasteiger partial charge in [0.15, 0.2) is 0 Å². The average Bonchev–Trinajstić information content (AvgIpc) is 3.26. The third kappa shape index (κ3) is 6.42. The van der Waals surface area contributed by atoms with Crippen LogP contribution in [0, 0.1) is 6.92 Å². The number of ether oxygens (including phenoxy) is 1. The smallest absolute Gasteiger partial charge is 0.257 e. The Balaban J connectivity index is 1.69. The second kappa shape index (κ2) is 10.5. The summed E-state index contributed by atoms with van der Waals surface area (Å²) in [5.41, 5.74) is 3.37. The van der Waals surface area contributed by atoms with Crippen LogP contribution in [0.1, 0.15) is 41.3 Å². The second-order valence-corrected chi connectivity index (χ2v) is 7.33. The van der Waals surface area contributed by atoms with Crippen molar-refractivity contribution in [1.82, 2.24) is 10.6 Å². The van der Waals surface area contributed by atoms with Crippen LogP contribution < -0.4 is 16.0 Å². The van der Waals surface area contributed by atoms with Crippen LogP contribution in [0.5, 0.6) is 0 Å². The van der Waals surface area contributed by atoms with E-state index in [-0.39, 0.29) is 17.9 Å². The number of anilines is 1. The molecule has 1 aliphatic rings. The van der Waals surface area contributed by atoms with Crippen molar-refractivity contribution in [3.05, 3.63) is 65.2 Å². The number of carbonyl (C=O) groups excluding carboxylic acids is 2. The van der Waals surface area contributed by atoms with Crippen molar-refractivity contribution in [2.45, 2.75) is 39.3 Å². The maximum absolute atomic E-state index is 12.8. The van der Waals surface area contributed by atoms with Crippen molar-refractivity contribution in [2.75, 3.05) is 18.5 Å². The number of nitrogens with zero attached hydrogens (tertiary/aromatic N) is 1. The quantitative estimate of drug-likeness (QED) is 0.506. The van der Waals surface area contributed by atoms with Crippen LogP contribution in [0.25, 0.3) is 0 Å². The van der Waals surface area contributed by atoms with Crippen molar-refractivity contribution < 1.29 is 14.3 Å². The fourth-order valence-corrected chi connectivity index (χ4v) is 3.11. The molecule has 1 saturated heterocycles. The first-order valence-corrected chi connectivity index (χ1v) is 10.1. The number of benzene rings is 2. The van der Waals surface area contributed by atoms with Crippen LogP contribution in [0.15, 0.2) is 53.5 Å². The van der Waals surface area contributed by atoms with Gasteiger partial charge in [0.05, 0.1) is 12.6 Å². The summed E-state index contributed by atoms with van der Waals surface area (Å²) in [6.07, 6.45) is 2.10. The molecule has 158 valence electrons. The lowest BCUT2D eigenvalue weighted by Gasteiger charge is -2.15. The molecule has 3 rings (SSSR count). The third-order valence-corrected chi connectivity index (χ3v) is 4.86. The monoisotopic (exact) mass is 408 g/mol. The van der Waals surface area contributed by atoms with Crippen LogP contribution in [-0.2, 0) is 16.1 Å². The van der Waals surface area contributed by atoms with Gasteiger partial charge in [-0.3, -0.25) is 14.9 Å². The van der Waals surface area contributed by atoms with Crippen LogP contribution in [0.3, 0.4) is 0 Å². The standard InChI is InChI=1S/C23H28N4O3/c1-16-6-3-4-8-21(16)26-23(25-15-20-7-5-13-30-20)27-22(29)19-11-9-18(10-12-19)14-24-17(2)28/h3-4,6,8-12,20H,5,7,13-15H2,1-2H3,(H,24,28)(H2,25,26,27,29)/t20-/m0/s1. The molecular formula is C23H28N4O3. The van der Waals surface area contributed by atoms with E-state index >= 15 is 0 Å². The van der Waals surface area contributed by atoms with Gasteiger partial charge in [0, 0.05) is 31.3 Å². The van der Waals surface area contributed by atoms with Gasteiger partial charge in [0.2, 0.25) is 11.9 Å². The molecule has 2 amide bonds. The highest BCUT2D eigenvalue weighted by atomic mass is 16.5. The minimum absolute atomic E-state index is 0.0867. The Hall–Kier alpha value is -3.19. The van der Waals surface area contributed by atoms with E-state index in [1.54, 1.807) is 12.1 Å². The maximum atomic E-state index is 12.8. The zero-order valence-corrected chi connectivity index (χ0v) is 17.4. The van der Waals surface area contributed by atoms with Crippen molar-refractivity contribution in [1.29, 1.82) is 0 Å². The molecule has 3 N–H and O–H groups in total. The fourth-order valence-electron chi connectivity index (χ4n) is 3.11. The van der Waals surface area contributed by atoms with Crippen LogP contribution >= 0.6 is 0 Å². The van der Waals surface area contributed by atoms with Gasteiger partial charge < -0.3 is 15.4 Å². The largest absolute Gasteiger partial charge is 0.376 e. The van der Waals surface area contributed by atoms with Crippen molar-refractivity contribution in [3.63, 3.8) is 0 Å². The summed E-state index contributed by atoms with van der Waals surface area (Å²) in [6, 6.07) is 14.9. The fraction of sp³-hybridized carbons (Fsp3) is 0.348. The number of amides is 2. The summed E-state index contributed by atoms with van der Waals surface area (Å²) < 4.78 is 5.64. The molecular weight excluding hydrogens is 380 g/mol. The highest BCUT2D eigenvalue weighted by Crippen LogP contribution is 2.15. The topological polar surface area (TPSA) is 91.8 Å². The summed E-state index contributed by atoms with van der Waals surface area (Å²) in [5.74, 6) is 0.0477. The molecule has 30 heavy (non-hydrogen) atoms. The SMILES string of the molecule is CC(=O)NCc1ccc(C(=O)NC(=NC[C@@H]2CCCO2)Nc2ccccc2C)cc1. The van der Waals surface area contributed by atoms with Crippen molar-refractivity contribution in [2.24, 2.45) is 4.99 Å². The van der Waals surface area contributed by atoms with Crippen LogP contribution in [0.2, 0.25) is 0 Å². The summed E-state index contributed by atoms with van der Waals surface area (Å²) in [7, 11) is 0. The summed E-state index contributed by atoms with van der Waals surface area (Å²) in [6.45, 7) is 5.15. The molecule has 0 bridgehead atoms. The van der Waals surface area contributed by atoms with Crippen molar-refractivity contribution >= 4 is 23.5 Å². The lowest BCUT2D eigenvalue weighted by atomic mass is 10.1. The zero-order chi connectivity index (χ0) is 21.3. The molecule has 0 saturated carbocycles. The normalized spacial score (nSPS) is 16.2. The number of nitrogens with one attached hydrogen (secondary N) is 3. The van der Waals surface area contributed by atoms with Crippen LogP contribution in [-0.4, -0.2) is 37.0 Å². The van der Waals surface area contributed by atoms with Gasteiger partial charge >= 0.3 is 0 Å². The van der Waals surface area contributed by atoms with E-state index < -0.39 is 0 Å². The van der Waals surface area contributed by atoms with Gasteiger partial charge in [-0.15, -0.1) is 0 Å². The van der Waals surface area contributed by atoms with Crippen molar-refractivity contribution in [3.8, 4) is 0 Å². The molecule has 2 aromatic carbocycles. The summed E-state index contributed by atoms with van der Waals surface area (Å²) in [4.78, 5) is 28.4. The van der Waals surface area contributed by atoms with E-state index in [2.05, 4.69) is 20.9 Å². The Kier molecular flexibility index (Phi) is 7.57. The lowest BCUT2D eigenvalue weighted by Crippen LogP contribution is -2.37. The minimum atomic E-state index is -0.256. The molecule has 7 heteroatoms. The van der Waals surface area contributed by atoms with E-state index in [9.17, 15) is 9.59 Å². The summed E-state index contributed by atoms with van der Waals surface area (Å²) in [5, 5.41) is 8.85. The zero-order valence-electron chi connectivity index (χ0n) is 17.4. The molecule has 0 aliphatic carbocycles. The first-order chi connectivity index (χ1) is 14.5. The Labute approximate surface area is 176 Å². The Morgan fingerprint density at radius 1 is 1.13 bits per heavy atom. The Morgan fingerprint density at radius 3 is 2.57 bits per heavy atom. The van der Waals surface area contributed by atoms with Gasteiger partial charge in [-0.05, 0) is 49.1 Å². The molecule has 0 unspecified atom stereocenters. The predicted octanol–water partition coefficient (Wildman–Crippen LogP) is 3.01. The Bertz CT molecular complexity index is 903. The first kappa shape index (κ1) is 21.5. The molecule has 7 nitrogen and oxygen atoms in total. The van der Waals surface area contributed by atoms with Gasteiger partial charge in [0.1, 0.15) is 0 Å². The molecule has 0 spiro atoms. The minimum Gasteiger partial charge on any atom is -0.376 e. The first-order valence-electron chi connectivity index (χ1n) is 10.1. The van der Waals surface area contributed by atoms with E-state index in [0.717, 1.165) is 36.3 Å². The van der Waals surface area contributed by atoms with Gasteiger partial charge in [0.25, 0.3) is 5.91 Å². The van der Waals surface area contributed by atoms with Gasteiger partial charge in [-0.1, -0.05) is 30.3 Å². The Morgan fingerprint density at radius 2 is 1.90 bits per heavy atom. The molecule has 1 atom stereocenters. The second-order valence-electron chi connectivity index (χ2n) is 7.33. The van der Waals surface area contributed by atoms with Gasteiger partial charge in [-0.2, -0.15) is 0 Å². The number of aliphatic imine (C=N–C) groups is 1. The number of guanidine groups is 1. The van der Waals surface area contributed by atoms with Gasteiger partial charge in [-0.25, -0.2) is 4.99 Å². The van der Waals surface area contributed by atoms with E-state index in [0.29, 0.717) is 24.6 Å². The molecule has 1 aliphatic heterocycles. The van der Waals surface area contributed by atoms with E-state index in [4.69, 9.17) is 4.74 Å². The predicted molar refractivity (Wildman–Crippen MR) is 118 cm³/mol. The molecule has 1 heterocycles. The molecule has 2 aromatic rings. The highest BCUT2D eigenvalue weighted by molar-refractivity contribution is 6.10. The molecule has 0 radical (unpaired) electrons. The number of hydrogen-bond acceptors (Lipinski definition) is 4. The number of aryl methyl sites for hydroxylation is 1. The summed E-state index contributed by atoms with van der Waals surface area (Å²) >= 11 is 0. The van der Waals surface area contributed by atoms with E-state index in [1.807, 2.05) is 43.3 Å². The maximum Gasteiger partial charge on any atom is 0.257 e. The number of rotatable bonds is 6. The number of para-hydroxylation sites is 1. The van der Waals surface area contributed by atoms with E-state index in [1.165, 1.54) is 6.92 Å². The third-order valence-electron chi connectivity index (χ3n) is 4.86. The average molecular weight is 409 g/mol. The molecule has 1 fully saturated rings. The van der Waals surface area contributed by atoms with Crippen LogP contribution in [0.4, 0.5) is 5.69 Å². The lowest BCUT2D eigenvalue weighted by molar-refractivity contribution is -0.119. The molecule has 0 aromatic heterocycles. The number of hydrogen-bond donors (Lipinski definition) is 3.